The van der Waals surface area contributed by atoms with E-state index < -0.39 is 29.4 Å². The fourth-order valence-electron chi connectivity index (χ4n) is 1.37. The van der Waals surface area contributed by atoms with Crippen molar-refractivity contribution in [2.45, 2.75) is 19.1 Å². The minimum Gasteiger partial charge on any atom is -0.303 e. The molecule has 96 valence electrons. The van der Waals surface area contributed by atoms with Crippen LogP contribution in [0.1, 0.15) is 18.5 Å². The van der Waals surface area contributed by atoms with Crippen LogP contribution in [0, 0.1) is 11.6 Å². The zero-order valence-corrected chi connectivity index (χ0v) is 10.3. The molecule has 0 spiro atoms. The van der Waals surface area contributed by atoms with Gasteiger partial charge in [-0.25, -0.2) is 8.78 Å². The molecular formula is C10H9BrF5N. The van der Waals surface area contributed by atoms with Gasteiger partial charge in [0.2, 0.25) is 0 Å². The summed E-state index contributed by atoms with van der Waals surface area (Å²) in [6.07, 6.45) is -4.68. The lowest BCUT2D eigenvalue weighted by molar-refractivity contribution is -0.158. The Morgan fingerprint density at radius 3 is 2.29 bits per heavy atom. The Morgan fingerprint density at radius 2 is 1.82 bits per heavy atom. The molecule has 0 saturated carbocycles. The summed E-state index contributed by atoms with van der Waals surface area (Å²) in [6, 6.07) is -0.990. The number of halogens is 6. The third kappa shape index (κ3) is 3.38. The quantitative estimate of drug-likeness (QED) is 0.657. The molecule has 1 N–H and O–H groups in total. The van der Waals surface area contributed by atoms with Crippen molar-refractivity contribution < 1.29 is 22.0 Å². The van der Waals surface area contributed by atoms with Gasteiger partial charge in [0.25, 0.3) is 0 Å². The third-order valence-electron chi connectivity index (χ3n) is 2.09. The molecule has 1 rings (SSSR count). The lowest BCUT2D eigenvalue weighted by Gasteiger charge is -2.22. The number of rotatable bonds is 3. The van der Waals surface area contributed by atoms with E-state index in [9.17, 15) is 22.0 Å². The number of hydrogen-bond acceptors (Lipinski definition) is 1. The number of nitrogens with one attached hydrogen (secondary N) is 1. The predicted octanol–water partition coefficient (Wildman–Crippen LogP) is 3.94. The SMILES string of the molecule is CCNC(c1cc(F)c(Br)cc1F)C(F)(F)F. The van der Waals surface area contributed by atoms with Crippen molar-refractivity contribution in [1.29, 1.82) is 0 Å². The van der Waals surface area contributed by atoms with E-state index in [-0.39, 0.29) is 11.0 Å². The molecule has 0 saturated heterocycles. The van der Waals surface area contributed by atoms with Crippen molar-refractivity contribution in [1.82, 2.24) is 5.32 Å². The highest BCUT2D eigenvalue weighted by molar-refractivity contribution is 9.10. The molecule has 1 atom stereocenters. The van der Waals surface area contributed by atoms with Crippen LogP contribution in [0.3, 0.4) is 0 Å². The summed E-state index contributed by atoms with van der Waals surface area (Å²) in [7, 11) is 0. The van der Waals surface area contributed by atoms with E-state index in [0.29, 0.717) is 12.1 Å². The second-order valence-electron chi connectivity index (χ2n) is 3.32. The van der Waals surface area contributed by atoms with Crippen LogP contribution in [0.5, 0.6) is 0 Å². The fraction of sp³-hybridized carbons (Fsp3) is 0.400. The summed E-state index contributed by atoms with van der Waals surface area (Å²) in [6.45, 7) is 1.44. The first kappa shape index (κ1) is 14.4. The van der Waals surface area contributed by atoms with Crippen LogP contribution < -0.4 is 5.32 Å². The molecule has 0 bridgehead atoms. The first-order valence-corrected chi connectivity index (χ1v) is 5.51. The van der Waals surface area contributed by atoms with Gasteiger partial charge in [0.1, 0.15) is 17.7 Å². The smallest absolute Gasteiger partial charge is 0.303 e. The van der Waals surface area contributed by atoms with Gasteiger partial charge in [-0.2, -0.15) is 13.2 Å². The number of hydrogen-bond donors (Lipinski definition) is 1. The van der Waals surface area contributed by atoms with Crippen LogP contribution in [0.25, 0.3) is 0 Å². The first-order valence-electron chi connectivity index (χ1n) is 4.72. The summed E-state index contributed by atoms with van der Waals surface area (Å²) in [5, 5.41) is 2.08. The second kappa shape index (κ2) is 5.30. The predicted molar refractivity (Wildman–Crippen MR) is 56.5 cm³/mol. The van der Waals surface area contributed by atoms with E-state index in [4.69, 9.17) is 0 Å². The van der Waals surface area contributed by atoms with Gasteiger partial charge < -0.3 is 5.32 Å². The molecule has 1 aromatic rings. The average molecular weight is 318 g/mol. The van der Waals surface area contributed by atoms with Crippen molar-refractivity contribution in [3.8, 4) is 0 Å². The summed E-state index contributed by atoms with van der Waals surface area (Å²) in [5.41, 5.74) is -0.750. The van der Waals surface area contributed by atoms with Gasteiger partial charge in [-0.1, -0.05) is 6.92 Å². The van der Waals surface area contributed by atoms with Crippen molar-refractivity contribution in [3.63, 3.8) is 0 Å². The molecule has 0 fully saturated rings. The molecular weight excluding hydrogens is 309 g/mol. The van der Waals surface area contributed by atoms with Crippen LogP contribution in [-0.2, 0) is 0 Å². The molecule has 17 heavy (non-hydrogen) atoms. The van der Waals surface area contributed by atoms with E-state index in [1.165, 1.54) is 6.92 Å². The van der Waals surface area contributed by atoms with Crippen LogP contribution in [0.15, 0.2) is 16.6 Å². The third-order valence-corrected chi connectivity index (χ3v) is 2.69. The molecule has 0 aromatic heterocycles. The van der Waals surface area contributed by atoms with Gasteiger partial charge in [-0.3, -0.25) is 0 Å². The standard InChI is InChI=1S/C10H9BrF5N/c1-2-17-9(10(14,15)16)5-3-8(13)6(11)4-7(5)12/h3-4,9,17H,2H2,1H3. The van der Waals surface area contributed by atoms with Crippen molar-refractivity contribution in [2.24, 2.45) is 0 Å². The zero-order chi connectivity index (χ0) is 13.2. The van der Waals surface area contributed by atoms with E-state index >= 15 is 0 Å². The maximum atomic E-state index is 13.4. The fourth-order valence-corrected chi connectivity index (χ4v) is 1.68. The lowest BCUT2D eigenvalue weighted by Crippen LogP contribution is -2.34. The Balaban J connectivity index is 3.23. The molecule has 0 radical (unpaired) electrons. The van der Waals surface area contributed by atoms with Crippen molar-refractivity contribution in [3.05, 3.63) is 33.8 Å². The molecule has 0 aliphatic rings. The van der Waals surface area contributed by atoms with Gasteiger partial charge in [0.05, 0.1) is 4.47 Å². The number of alkyl halides is 3. The average Bonchev–Trinajstić information content (AvgIpc) is 2.19. The highest BCUT2D eigenvalue weighted by Gasteiger charge is 2.41. The highest BCUT2D eigenvalue weighted by Crippen LogP contribution is 2.35. The Kier molecular flexibility index (Phi) is 4.48. The van der Waals surface area contributed by atoms with Gasteiger partial charge in [0.15, 0.2) is 0 Å². The molecule has 0 aliphatic heterocycles. The molecule has 0 amide bonds. The molecule has 0 heterocycles. The van der Waals surface area contributed by atoms with E-state index in [2.05, 4.69) is 21.2 Å². The monoisotopic (exact) mass is 317 g/mol. The Hall–Kier alpha value is -0.690. The van der Waals surface area contributed by atoms with Crippen LogP contribution >= 0.6 is 15.9 Å². The van der Waals surface area contributed by atoms with Gasteiger partial charge in [-0.15, -0.1) is 0 Å². The highest BCUT2D eigenvalue weighted by atomic mass is 79.9. The molecule has 1 unspecified atom stereocenters. The second-order valence-corrected chi connectivity index (χ2v) is 4.17. The zero-order valence-electron chi connectivity index (χ0n) is 8.71. The topological polar surface area (TPSA) is 12.0 Å². The largest absolute Gasteiger partial charge is 0.408 e. The maximum absolute atomic E-state index is 13.4. The summed E-state index contributed by atoms with van der Waals surface area (Å²) in [4.78, 5) is 0. The lowest BCUT2D eigenvalue weighted by atomic mass is 10.1. The molecule has 1 nitrogen and oxygen atoms in total. The van der Waals surface area contributed by atoms with Gasteiger partial charge >= 0.3 is 6.18 Å². The van der Waals surface area contributed by atoms with Gasteiger partial charge in [0, 0.05) is 5.56 Å². The minimum absolute atomic E-state index is 0.0126. The Morgan fingerprint density at radius 1 is 1.24 bits per heavy atom. The van der Waals surface area contributed by atoms with Crippen LogP contribution in [-0.4, -0.2) is 12.7 Å². The maximum Gasteiger partial charge on any atom is 0.408 e. The van der Waals surface area contributed by atoms with Crippen LogP contribution in [0.2, 0.25) is 0 Å². The van der Waals surface area contributed by atoms with Crippen molar-refractivity contribution in [2.75, 3.05) is 6.54 Å². The molecule has 7 heteroatoms. The summed E-state index contributed by atoms with van der Waals surface area (Å²) < 4.78 is 64.3. The molecule has 0 aliphatic carbocycles. The van der Waals surface area contributed by atoms with E-state index in [1.807, 2.05) is 0 Å². The van der Waals surface area contributed by atoms with E-state index in [0.717, 1.165) is 0 Å². The van der Waals surface area contributed by atoms with Gasteiger partial charge in [-0.05, 0) is 34.6 Å². The first-order chi connectivity index (χ1) is 7.77. The van der Waals surface area contributed by atoms with E-state index in [1.54, 1.807) is 0 Å². The minimum atomic E-state index is -4.68. The van der Waals surface area contributed by atoms with Crippen LogP contribution in [0.4, 0.5) is 22.0 Å². The molecule has 1 aromatic carbocycles. The summed E-state index contributed by atoms with van der Waals surface area (Å²) >= 11 is 2.70. The Labute approximate surface area is 103 Å². The van der Waals surface area contributed by atoms with Crippen molar-refractivity contribution >= 4 is 15.9 Å². The Bertz CT molecular complexity index is 404. The number of benzene rings is 1. The summed E-state index contributed by atoms with van der Waals surface area (Å²) in [5.74, 6) is -2.05. The normalized spacial score (nSPS) is 13.8.